The Morgan fingerprint density at radius 1 is 1.12 bits per heavy atom. The first-order valence-electron chi connectivity index (χ1n) is 13.6. The molecule has 0 radical (unpaired) electrons. The second-order valence-electron chi connectivity index (χ2n) is 10.3. The Morgan fingerprint density at radius 2 is 1.83 bits per heavy atom. The molecular formula is C29H36FN5O5S. The summed E-state index contributed by atoms with van der Waals surface area (Å²) < 4.78 is 25.8. The van der Waals surface area contributed by atoms with E-state index >= 15 is 4.39 Å². The average molecular weight is 586 g/mol. The number of rotatable bonds is 10. The van der Waals surface area contributed by atoms with E-state index in [4.69, 9.17) is 21.7 Å². The number of cyclic esters (lactones) is 1. The van der Waals surface area contributed by atoms with E-state index in [-0.39, 0.29) is 18.6 Å². The molecule has 1 atom stereocenters. The number of carbonyl (C=O) groups excluding carboxylic acids is 3. The van der Waals surface area contributed by atoms with Gasteiger partial charge in [-0.2, -0.15) is 0 Å². The van der Waals surface area contributed by atoms with Crippen LogP contribution in [0.15, 0.2) is 42.5 Å². The summed E-state index contributed by atoms with van der Waals surface area (Å²) in [6.07, 6.45) is -0.205. The highest BCUT2D eigenvalue weighted by molar-refractivity contribution is 7.80. The van der Waals surface area contributed by atoms with Crippen molar-refractivity contribution in [3.8, 4) is 0 Å². The van der Waals surface area contributed by atoms with Crippen LogP contribution in [0.4, 0.5) is 20.6 Å². The predicted octanol–water partition coefficient (Wildman–Crippen LogP) is 3.05. The maximum absolute atomic E-state index is 15.1. The molecule has 2 amide bonds. The van der Waals surface area contributed by atoms with E-state index in [1.807, 2.05) is 43.0 Å². The predicted molar refractivity (Wildman–Crippen MR) is 158 cm³/mol. The van der Waals surface area contributed by atoms with Gasteiger partial charge >= 0.3 is 12.1 Å². The van der Waals surface area contributed by atoms with Crippen LogP contribution in [-0.4, -0.2) is 98.8 Å². The third-order valence-electron chi connectivity index (χ3n) is 6.95. The summed E-state index contributed by atoms with van der Waals surface area (Å²) in [7, 11) is 3.93. The number of nitrogens with zero attached hydrogens (tertiary/aromatic N) is 4. The molecule has 4 rings (SSSR count). The number of anilines is 2. The van der Waals surface area contributed by atoms with Crippen LogP contribution in [0.5, 0.6) is 0 Å². The molecule has 0 bridgehead atoms. The minimum absolute atomic E-state index is 0.296. The van der Waals surface area contributed by atoms with E-state index in [1.54, 1.807) is 29.2 Å². The Balaban J connectivity index is 1.25. The molecule has 2 aromatic carbocycles. The van der Waals surface area contributed by atoms with E-state index in [0.717, 1.165) is 12.1 Å². The fourth-order valence-electron chi connectivity index (χ4n) is 4.72. The number of benzene rings is 2. The van der Waals surface area contributed by atoms with E-state index in [0.29, 0.717) is 67.6 Å². The zero-order valence-corrected chi connectivity index (χ0v) is 24.4. The minimum Gasteiger partial charge on any atom is -0.452 e. The molecule has 1 N–H and O–H groups in total. The molecule has 41 heavy (non-hydrogen) atoms. The molecule has 2 aliphatic rings. The van der Waals surface area contributed by atoms with Crippen molar-refractivity contribution in [2.45, 2.75) is 26.0 Å². The Morgan fingerprint density at radius 3 is 2.46 bits per heavy atom. The molecule has 2 heterocycles. The quantitative estimate of drug-likeness (QED) is 0.334. The second kappa shape index (κ2) is 13.7. The molecule has 0 aromatic heterocycles. The van der Waals surface area contributed by atoms with Crippen LogP contribution in [0, 0.1) is 5.82 Å². The molecule has 2 fully saturated rings. The summed E-state index contributed by atoms with van der Waals surface area (Å²) >= 11 is 5.15. The van der Waals surface area contributed by atoms with Crippen molar-refractivity contribution in [3.63, 3.8) is 0 Å². The molecule has 0 saturated carbocycles. The van der Waals surface area contributed by atoms with Crippen molar-refractivity contribution in [1.82, 2.24) is 15.1 Å². The van der Waals surface area contributed by atoms with Gasteiger partial charge in [0, 0.05) is 32.7 Å². The smallest absolute Gasteiger partial charge is 0.414 e. The van der Waals surface area contributed by atoms with E-state index in [2.05, 4.69) is 5.32 Å². The first-order valence-corrected chi connectivity index (χ1v) is 14.0. The normalized spacial score (nSPS) is 17.0. The van der Waals surface area contributed by atoms with Gasteiger partial charge in [0.2, 0.25) is 0 Å². The van der Waals surface area contributed by atoms with E-state index < -0.39 is 17.9 Å². The van der Waals surface area contributed by atoms with Crippen LogP contribution in [0.1, 0.15) is 29.3 Å². The average Bonchev–Trinajstić information content (AvgIpc) is 3.34. The lowest BCUT2D eigenvalue weighted by atomic mass is 10.1. The maximum atomic E-state index is 15.1. The van der Waals surface area contributed by atoms with Gasteiger partial charge in [-0.3, -0.25) is 9.69 Å². The zero-order valence-electron chi connectivity index (χ0n) is 23.6. The molecule has 0 aliphatic carbocycles. The van der Waals surface area contributed by atoms with Crippen molar-refractivity contribution in [2.75, 3.05) is 69.8 Å². The van der Waals surface area contributed by atoms with E-state index in [1.165, 1.54) is 11.0 Å². The standard InChI is InChI=1S/C29H36FN5O5S/c1-4-26(41)31-16-23-18-35(29(38)40-23)22-9-10-25(24(30)15-22)33-11-13-34(14-12-33)27(36)19-39-28(37)21-7-5-20(6-8-21)17-32(2)3/h5-10,15,23H,4,11-14,16-19H2,1-3H3,(H,31,41). The Bertz CT molecular complexity index is 1270. The Kier molecular flexibility index (Phi) is 10.1. The first kappa shape index (κ1) is 30.2. The number of hydrogen-bond donors (Lipinski definition) is 1. The maximum Gasteiger partial charge on any atom is 0.414 e. The zero-order chi connectivity index (χ0) is 29.5. The molecule has 2 aliphatic heterocycles. The van der Waals surface area contributed by atoms with Gasteiger partial charge in [-0.05, 0) is 56.4 Å². The third kappa shape index (κ3) is 7.92. The lowest BCUT2D eigenvalue weighted by molar-refractivity contribution is -0.134. The number of halogens is 1. The van der Waals surface area contributed by atoms with Gasteiger partial charge in [0.15, 0.2) is 6.61 Å². The highest BCUT2D eigenvalue weighted by Gasteiger charge is 2.33. The summed E-state index contributed by atoms with van der Waals surface area (Å²) in [6.45, 7) is 4.61. The molecule has 1 unspecified atom stereocenters. The lowest BCUT2D eigenvalue weighted by Gasteiger charge is -2.36. The van der Waals surface area contributed by atoms with Gasteiger partial charge in [-0.15, -0.1) is 0 Å². The molecular weight excluding hydrogens is 549 g/mol. The highest BCUT2D eigenvalue weighted by atomic mass is 32.1. The Hall–Kier alpha value is -3.77. The van der Waals surface area contributed by atoms with Gasteiger partial charge in [-0.25, -0.2) is 14.0 Å². The highest BCUT2D eigenvalue weighted by Crippen LogP contribution is 2.28. The molecule has 2 saturated heterocycles. The number of nitrogens with one attached hydrogen (secondary N) is 1. The number of hydrogen-bond acceptors (Lipinski definition) is 8. The first-order chi connectivity index (χ1) is 19.6. The number of piperazine rings is 1. The monoisotopic (exact) mass is 585 g/mol. The minimum atomic E-state index is -0.551. The summed E-state index contributed by atoms with van der Waals surface area (Å²) in [6, 6.07) is 11.8. The van der Waals surface area contributed by atoms with Crippen molar-refractivity contribution in [2.24, 2.45) is 0 Å². The second-order valence-corrected chi connectivity index (χ2v) is 10.8. The number of amides is 2. The van der Waals surface area contributed by atoms with Gasteiger partial charge in [0.1, 0.15) is 11.9 Å². The van der Waals surface area contributed by atoms with Gasteiger partial charge < -0.3 is 29.5 Å². The Labute approximate surface area is 245 Å². The van der Waals surface area contributed by atoms with Gasteiger partial charge in [0.05, 0.1) is 35.0 Å². The molecule has 10 nitrogen and oxygen atoms in total. The molecule has 12 heteroatoms. The van der Waals surface area contributed by atoms with Crippen LogP contribution in [0.3, 0.4) is 0 Å². The van der Waals surface area contributed by atoms with Gasteiger partial charge in [0.25, 0.3) is 5.91 Å². The summed E-state index contributed by atoms with van der Waals surface area (Å²) in [5.74, 6) is -1.31. The molecule has 0 spiro atoms. The lowest BCUT2D eigenvalue weighted by Crippen LogP contribution is -2.50. The number of carbonyl (C=O) groups is 3. The SMILES string of the molecule is CCC(=S)NCC1CN(c2ccc(N3CCN(C(=O)COC(=O)c4ccc(CN(C)C)cc4)CC3)c(F)c2)C(=O)O1. The van der Waals surface area contributed by atoms with Crippen molar-refractivity contribution < 1.29 is 28.2 Å². The summed E-state index contributed by atoms with van der Waals surface area (Å²) in [5.41, 5.74) is 2.27. The number of thiocarbonyl (C=S) groups is 1. The third-order valence-corrected chi connectivity index (χ3v) is 7.39. The van der Waals surface area contributed by atoms with Crippen molar-refractivity contribution in [3.05, 3.63) is 59.4 Å². The number of esters is 1. The topological polar surface area (TPSA) is 94.7 Å². The summed E-state index contributed by atoms with van der Waals surface area (Å²) in [4.78, 5) is 45.0. The van der Waals surface area contributed by atoms with Crippen LogP contribution in [0.25, 0.3) is 0 Å². The van der Waals surface area contributed by atoms with Crippen molar-refractivity contribution >= 4 is 46.6 Å². The molecule has 2 aromatic rings. The van der Waals surface area contributed by atoms with Crippen LogP contribution in [-0.2, 0) is 20.8 Å². The van der Waals surface area contributed by atoms with Crippen molar-refractivity contribution in [1.29, 1.82) is 0 Å². The van der Waals surface area contributed by atoms with E-state index in [9.17, 15) is 14.4 Å². The largest absolute Gasteiger partial charge is 0.452 e. The van der Waals surface area contributed by atoms with Crippen LogP contribution in [0.2, 0.25) is 0 Å². The fourth-order valence-corrected chi connectivity index (χ4v) is 4.80. The number of ether oxygens (including phenoxy) is 2. The summed E-state index contributed by atoms with van der Waals surface area (Å²) in [5, 5.41) is 3.06. The molecule has 220 valence electrons. The van der Waals surface area contributed by atoms with Gasteiger partial charge in [-0.1, -0.05) is 31.3 Å². The van der Waals surface area contributed by atoms with Crippen LogP contribution >= 0.6 is 12.2 Å². The van der Waals surface area contributed by atoms with Crippen LogP contribution < -0.4 is 15.1 Å². The fraction of sp³-hybridized carbons (Fsp3) is 0.448.